The zero-order valence-electron chi connectivity index (χ0n) is 16.4. The van der Waals surface area contributed by atoms with E-state index in [-0.39, 0.29) is 11.9 Å². The third kappa shape index (κ3) is 5.46. The maximum atomic E-state index is 12.3. The topological polar surface area (TPSA) is 59.9 Å². The highest BCUT2D eigenvalue weighted by Crippen LogP contribution is 2.32. The van der Waals surface area contributed by atoms with Gasteiger partial charge >= 0.3 is 0 Å². The number of carbonyl (C=O) groups excluding carboxylic acids is 1. The van der Waals surface area contributed by atoms with E-state index in [1.54, 1.807) is 18.4 Å². The number of fused-ring (bicyclic) bond motifs is 1. The number of hydrogen-bond acceptors (Lipinski definition) is 4. The Morgan fingerprint density at radius 1 is 1.18 bits per heavy atom. The lowest BCUT2D eigenvalue weighted by atomic mass is 10.0. The monoisotopic (exact) mass is 378 g/mol. The van der Waals surface area contributed by atoms with Gasteiger partial charge in [-0.3, -0.25) is 9.79 Å². The van der Waals surface area contributed by atoms with E-state index in [2.05, 4.69) is 35.4 Å². The van der Waals surface area contributed by atoms with E-state index in [0.717, 1.165) is 12.0 Å². The Bertz CT molecular complexity index is 874. The highest BCUT2D eigenvalue weighted by atomic mass is 16.5. The minimum Gasteiger partial charge on any atom is -0.490 e. The molecule has 1 aliphatic heterocycles. The Morgan fingerprint density at radius 2 is 2.00 bits per heavy atom. The molecule has 0 fully saturated rings. The first-order valence-corrected chi connectivity index (χ1v) is 9.57. The molecule has 5 nitrogen and oxygen atoms in total. The lowest BCUT2D eigenvalue weighted by molar-refractivity contribution is -0.111. The largest absolute Gasteiger partial charge is 0.490 e. The maximum absolute atomic E-state index is 12.3. The van der Waals surface area contributed by atoms with Crippen molar-refractivity contribution in [3.05, 3.63) is 65.7 Å². The molecule has 1 unspecified atom stereocenters. The van der Waals surface area contributed by atoms with Crippen LogP contribution in [0.3, 0.4) is 0 Å². The fourth-order valence-corrected chi connectivity index (χ4v) is 3.07. The van der Waals surface area contributed by atoms with Crippen LogP contribution in [0.25, 0.3) is 0 Å². The molecule has 0 saturated carbocycles. The molecular weight excluding hydrogens is 352 g/mol. The summed E-state index contributed by atoms with van der Waals surface area (Å²) in [5.74, 6) is 1.19. The van der Waals surface area contributed by atoms with Crippen LogP contribution in [0.2, 0.25) is 0 Å². The standard InChI is InChI=1S/C23H26N2O3/c1-3-24-20(18-8-4-7-17(2)15-18)9-5-10-23(26)25-19-11-12-21-22(16-19)28-14-6-13-27-21/h3-5,7-8,10-12,15-16,20H,6,9,13-14H2,1-2H3,(H,25,26)/b10-5+,24-3?. The molecule has 3 rings (SSSR count). The summed E-state index contributed by atoms with van der Waals surface area (Å²) < 4.78 is 11.3. The SMILES string of the molecule is CC=NC(C/C=C/C(=O)Nc1ccc2c(c1)OCCCO2)c1cccc(C)c1. The van der Waals surface area contributed by atoms with Crippen molar-refractivity contribution in [1.29, 1.82) is 0 Å². The Balaban J connectivity index is 1.60. The minimum absolute atomic E-state index is 0.00648. The van der Waals surface area contributed by atoms with Crippen molar-refractivity contribution < 1.29 is 14.3 Å². The van der Waals surface area contributed by atoms with Gasteiger partial charge in [0.15, 0.2) is 11.5 Å². The number of rotatable bonds is 6. The molecule has 1 amide bonds. The van der Waals surface area contributed by atoms with Crippen LogP contribution in [0.15, 0.2) is 59.6 Å². The summed E-state index contributed by atoms with van der Waals surface area (Å²) in [7, 11) is 0. The highest BCUT2D eigenvalue weighted by molar-refractivity contribution is 5.99. The van der Waals surface area contributed by atoms with Crippen LogP contribution < -0.4 is 14.8 Å². The lowest BCUT2D eigenvalue weighted by Gasteiger charge is -2.11. The Labute approximate surface area is 166 Å². The number of amides is 1. The molecule has 2 aromatic carbocycles. The second kappa shape index (κ2) is 9.74. The van der Waals surface area contributed by atoms with Gasteiger partial charge in [-0.15, -0.1) is 0 Å². The summed E-state index contributed by atoms with van der Waals surface area (Å²) in [6, 6.07) is 13.7. The number of ether oxygens (including phenoxy) is 2. The van der Waals surface area contributed by atoms with Crippen molar-refractivity contribution in [1.82, 2.24) is 0 Å². The summed E-state index contributed by atoms with van der Waals surface area (Å²) in [5.41, 5.74) is 3.02. The van der Waals surface area contributed by atoms with Crippen molar-refractivity contribution >= 4 is 17.8 Å². The van der Waals surface area contributed by atoms with Gasteiger partial charge in [-0.2, -0.15) is 0 Å². The van der Waals surface area contributed by atoms with Crippen molar-refractivity contribution in [2.75, 3.05) is 18.5 Å². The molecule has 0 radical (unpaired) electrons. The van der Waals surface area contributed by atoms with Gasteiger partial charge in [0.2, 0.25) is 5.91 Å². The molecular formula is C23H26N2O3. The van der Waals surface area contributed by atoms with Crippen LogP contribution in [0.4, 0.5) is 5.69 Å². The summed E-state index contributed by atoms with van der Waals surface area (Å²) >= 11 is 0. The first-order chi connectivity index (χ1) is 13.7. The van der Waals surface area contributed by atoms with E-state index < -0.39 is 0 Å². The number of benzene rings is 2. The van der Waals surface area contributed by atoms with Crippen LogP contribution in [-0.2, 0) is 4.79 Å². The van der Waals surface area contributed by atoms with Crippen molar-refractivity contribution in [2.24, 2.45) is 4.99 Å². The molecule has 2 aromatic rings. The molecule has 1 N–H and O–H groups in total. The van der Waals surface area contributed by atoms with Gasteiger partial charge in [0.1, 0.15) is 0 Å². The predicted octanol–water partition coefficient (Wildman–Crippen LogP) is 4.87. The average Bonchev–Trinajstić information content (AvgIpc) is 2.92. The van der Waals surface area contributed by atoms with Crippen molar-refractivity contribution in [2.45, 2.75) is 32.7 Å². The van der Waals surface area contributed by atoms with Crippen molar-refractivity contribution in [3.63, 3.8) is 0 Å². The third-order valence-corrected chi connectivity index (χ3v) is 4.40. The van der Waals surface area contributed by atoms with Crippen LogP contribution in [0, 0.1) is 6.92 Å². The Hall–Kier alpha value is -3.08. The highest BCUT2D eigenvalue weighted by Gasteiger charge is 2.11. The zero-order chi connectivity index (χ0) is 19.8. The van der Waals surface area contributed by atoms with Crippen LogP contribution >= 0.6 is 0 Å². The molecule has 146 valence electrons. The fraction of sp³-hybridized carbons (Fsp3) is 0.304. The Kier molecular flexibility index (Phi) is 6.84. The van der Waals surface area contributed by atoms with Gasteiger partial charge in [0, 0.05) is 18.2 Å². The van der Waals surface area contributed by atoms with E-state index in [1.807, 2.05) is 31.2 Å². The number of aliphatic imine (C=N–C) groups is 1. The molecule has 1 atom stereocenters. The lowest BCUT2D eigenvalue weighted by Crippen LogP contribution is -2.08. The van der Waals surface area contributed by atoms with Gasteiger partial charge in [-0.05, 0) is 50.3 Å². The summed E-state index contributed by atoms with van der Waals surface area (Å²) in [6.45, 7) is 5.23. The molecule has 0 bridgehead atoms. The van der Waals surface area contributed by atoms with Crippen molar-refractivity contribution in [3.8, 4) is 11.5 Å². The molecule has 0 saturated heterocycles. The fourth-order valence-electron chi connectivity index (χ4n) is 3.07. The molecule has 1 heterocycles. The van der Waals surface area contributed by atoms with E-state index in [1.165, 1.54) is 5.56 Å². The predicted molar refractivity (Wildman–Crippen MR) is 113 cm³/mol. The van der Waals surface area contributed by atoms with Gasteiger partial charge < -0.3 is 14.8 Å². The zero-order valence-corrected chi connectivity index (χ0v) is 16.4. The van der Waals surface area contributed by atoms with E-state index >= 15 is 0 Å². The van der Waals surface area contributed by atoms with Crippen LogP contribution in [-0.4, -0.2) is 25.3 Å². The number of hydrogen-bond donors (Lipinski definition) is 1. The Morgan fingerprint density at radius 3 is 2.79 bits per heavy atom. The molecule has 0 aromatic heterocycles. The maximum Gasteiger partial charge on any atom is 0.248 e. The van der Waals surface area contributed by atoms with Gasteiger partial charge in [-0.1, -0.05) is 35.9 Å². The molecule has 28 heavy (non-hydrogen) atoms. The van der Waals surface area contributed by atoms with Gasteiger partial charge in [0.25, 0.3) is 0 Å². The van der Waals surface area contributed by atoms with Gasteiger partial charge in [-0.25, -0.2) is 0 Å². The normalized spacial score (nSPS) is 14.8. The summed E-state index contributed by atoms with van der Waals surface area (Å²) in [5, 5.41) is 2.87. The van der Waals surface area contributed by atoms with Crippen LogP contribution in [0.5, 0.6) is 11.5 Å². The molecule has 1 aliphatic rings. The number of aryl methyl sites for hydroxylation is 1. The summed E-state index contributed by atoms with van der Waals surface area (Å²) in [4.78, 5) is 16.8. The number of nitrogens with one attached hydrogen (secondary N) is 1. The average molecular weight is 378 g/mol. The minimum atomic E-state index is -0.182. The number of nitrogens with zero attached hydrogens (tertiary/aromatic N) is 1. The van der Waals surface area contributed by atoms with E-state index in [4.69, 9.17) is 9.47 Å². The number of anilines is 1. The van der Waals surface area contributed by atoms with Gasteiger partial charge in [0.05, 0.1) is 19.3 Å². The van der Waals surface area contributed by atoms with Crippen LogP contribution in [0.1, 0.15) is 36.9 Å². The first kappa shape index (κ1) is 19.7. The van der Waals surface area contributed by atoms with E-state index in [0.29, 0.717) is 36.8 Å². The second-order valence-corrected chi connectivity index (χ2v) is 6.68. The smallest absolute Gasteiger partial charge is 0.248 e. The third-order valence-electron chi connectivity index (χ3n) is 4.40. The second-order valence-electron chi connectivity index (χ2n) is 6.68. The summed E-state index contributed by atoms with van der Waals surface area (Å²) in [6.07, 6.45) is 6.72. The number of carbonyl (C=O) groups is 1. The molecule has 0 aliphatic carbocycles. The molecule has 0 spiro atoms. The first-order valence-electron chi connectivity index (χ1n) is 9.57. The quantitative estimate of drug-likeness (QED) is 0.576. The van der Waals surface area contributed by atoms with E-state index in [9.17, 15) is 4.79 Å². The molecule has 5 heteroatoms.